The molecule has 1 amide bonds. The number of carbonyl (C=O) groups is 1. The van der Waals surface area contributed by atoms with Gasteiger partial charge >= 0.3 is 0 Å². The predicted octanol–water partition coefficient (Wildman–Crippen LogP) is 2.81. The quantitative estimate of drug-likeness (QED) is 0.835. The molecule has 0 fully saturated rings. The summed E-state index contributed by atoms with van der Waals surface area (Å²) in [4.78, 5) is 11.0. The van der Waals surface area contributed by atoms with E-state index in [1.54, 1.807) is 36.4 Å². The maximum Gasteiger partial charge on any atom is 0.248 e. The molecule has 92 valence electrons. The Hall–Kier alpha value is -2.20. The van der Waals surface area contributed by atoms with Gasteiger partial charge in [-0.15, -0.1) is 0 Å². The number of nitrogen functional groups attached to an aromatic ring is 1. The summed E-state index contributed by atoms with van der Waals surface area (Å²) in [6, 6.07) is 11.6. The van der Waals surface area contributed by atoms with E-state index in [2.05, 4.69) is 0 Å². The number of amides is 1. The minimum Gasteiger partial charge on any atom is -0.454 e. The molecule has 0 aliphatic carbocycles. The van der Waals surface area contributed by atoms with Gasteiger partial charge in [0.25, 0.3) is 0 Å². The Balaban J connectivity index is 2.30. The zero-order valence-electron chi connectivity index (χ0n) is 9.39. The zero-order chi connectivity index (χ0) is 13.1. The number of hydrogen-bond acceptors (Lipinski definition) is 3. The predicted molar refractivity (Wildman–Crippen MR) is 70.9 cm³/mol. The van der Waals surface area contributed by atoms with E-state index in [1.165, 1.54) is 6.07 Å². The number of carbonyl (C=O) groups excluding carboxylic acids is 1. The largest absolute Gasteiger partial charge is 0.454 e. The van der Waals surface area contributed by atoms with Crippen molar-refractivity contribution in [3.8, 4) is 11.5 Å². The van der Waals surface area contributed by atoms with E-state index in [0.29, 0.717) is 27.8 Å². The van der Waals surface area contributed by atoms with Gasteiger partial charge in [0, 0.05) is 5.56 Å². The number of anilines is 1. The number of halogens is 1. The van der Waals surface area contributed by atoms with Crippen LogP contribution in [-0.4, -0.2) is 5.91 Å². The Morgan fingerprint density at radius 1 is 1.11 bits per heavy atom. The average molecular weight is 263 g/mol. The van der Waals surface area contributed by atoms with Crippen LogP contribution < -0.4 is 16.2 Å². The van der Waals surface area contributed by atoms with E-state index in [-0.39, 0.29) is 0 Å². The summed E-state index contributed by atoms with van der Waals surface area (Å²) < 4.78 is 5.57. The van der Waals surface area contributed by atoms with E-state index in [0.717, 1.165) is 0 Å². The Kier molecular flexibility index (Phi) is 3.39. The second kappa shape index (κ2) is 4.98. The first-order chi connectivity index (χ1) is 8.58. The molecule has 0 saturated carbocycles. The number of ether oxygens (including phenoxy) is 1. The highest BCUT2D eigenvalue weighted by Gasteiger charge is 2.08. The molecule has 0 radical (unpaired) electrons. The summed E-state index contributed by atoms with van der Waals surface area (Å²) in [5.41, 5.74) is 11.6. The number of benzene rings is 2. The number of para-hydroxylation sites is 1. The lowest BCUT2D eigenvalue weighted by molar-refractivity contribution is 0.100. The van der Waals surface area contributed by atoms with Crippen molar-refractivity contribution in [1.82, 2.24) is 0 Å². The SMILES string of the molecule is NC(=O)c1ccc(Oc2ccccc2Cl)c(N)c1. The van der Waals surface area contributed by atoms with Gasteiger partial charge < -0.3 is 16.2 Å². The first-order valence-corrected chi connectivity index (χ1v) is 5.57. The van der Waals surface area contributed by atoms with Gasteiger partial charge in [-0.2, -0.15) is 0 Å². The third-order valence-corrected chi connectivity index (χ3v) is 2.66. The minimum absolute atomic E-state index is 0.325. The highest BCUT2D eigenvalue weighted by Crippen LogP contribution is 2.32. The molecule has 0 bridgehead atoms. The van der Waals surface area contributed by atoms with Crippen LogP contribution in [-0.2, 0) is 0 Å². The normalized spacial score (nSPS) is 10.1. The molecule has 18 heavy (non-hydrogen) atoms. The third-order valence-electron chi connectivity index (χ3n) is 2.35. The van der Waals surface area contributed by atoms with Crippen molar-refractivity contribution >= 4 is 23.2 Å². The lowest BCUT2D eigenvalue weighted by Crippen LogP contribution is -2.11. The van der Waals surface area contributed by atoms with Gasteiger partial charge in [-0.3, -0.25) is 4.79 Å². The van der Waals surface area contributed by atoms with Gasteiger partial charge in [-0.1, -0.05) is 23.7 Å². The second-order valence-electron chi connectivity index (χ2n) is 3.65. The van der Waals surface area contributed by atoms with Gasteiger partial charge in [0.2, 0.25) is 5.91 Å². The van der Waals surface area contributed by atoms with Gasteiger partial charge in [0.1, 0.15) is 11.5 Å². The highest BCUT2D eigenvalue weighted by atomic mass is 35.5. The molecule has 0 atom stereocenters. The van der Waals surface area contributed by atoms with Crippen molar-refractivity contribution in [3.63, 3.8) is 0 Å². The van der Waals surface area contributed by atoms with Crippen LogP contribution in [0.4, 0.5) is 5.69 Å². The summed E-state index contributed by atoms with van der Waals surface area (Å²) >= 11 is 5.97. The van der Waals surface area contributed by atoms with Gasteiger partial charge in [-0.05, 0) is 30.3 Å². The standard InChI is InChI=1S/C13H11ClN2O2/c14-9-3-1-2-4-11(9)18-12-6-5-8(13(16)17)7-10(12)15/h1-7H,15H2,(H2,16,17). The summed E-state index contributed by atoms with van der Waals surface area (Å²) in [6.45, 7) is 0. The first kappa shape index (κ1) is 12.3. The smallest absolute Gasteiger partial charge is 0.248 e. The monoisotopic (exact) mass is 262 g/mol. The van der Waals surface area contributed by atoms with Crippen LogP contribution in [0.3, 0.4) is 0 Å². The van der Waals surface area contributed by atoms with Crippen LogP contribution in [0, 0.1) is 0 Å². The molecule has 4 N–H and O–H groups in total. The van der Waals surface area contributed by atoms with Crippen molar-refractivity contribution in [3.05, 3.63) is 53.1 Å². The van der Waals surface area contributed by atoms with Crippen LogP contribution in [0.25, 0.3) is 0 Å². The Morgan fingerprint density at radius 2 is 1.83 bits per heavy atom. The minimum atomic E-state index is -0.536. The molecular formula is C13H11ClN2O2. The van der Waals surface area contributed by atoms with Crippen LogP contribution in [0.2, 0.25) is 5.02 Å². The van der Waals surface area contributed by atoms with Gasteiger partial charge in [0.15, 0.2) is 0 Å². The molecule has 0 unspecified atom stereocenters. The van der Waals surface area contributed by atoms with Gasteiger partial charge in [-0.25, -0.2) is 0 Å². The summed E-state index contributed by atoms with van der Waals surface area (Å²) in [5.74, 6) is 0.386. The molecule has 0 aromatic heterocycles. The number of hydrogen-bond donors (Lipinski definition) is 2. The first-order valence-electron chi connectivity index (χ1n) is 5.19. The summed E-state index contributed by atoms with van der Waals surface area (Å²) in [7, 11) is 0. The van der Waals surface area contributed by atoms with Crippen molar-refractivity contribution in [2.75, 3.05) is 5.73 Å². The molecule has 0 saturated heterocycles. The fraction of sp³-hybridized carbons (Fsp3) is 0. The topological polar surface area (TPSA) is 78.3 Å². The lowest BCUT2D eigenvalue weighted by atomic mass is 10.2. The second-order valence-corrected chi connectivity index (χ2v) is 4.06. The highest BCUT2D eigenvalue weighted by molar-refractivity contribution is 6.32. The van der Waals surface area contributed by atoms with E-state index >= 15 is 0 Å². The van der Waals surface area contributed by atoms with Crippen molar-refractivity contribution in [2.45, 2.75) is 0 Å². The Labute approximate surface area is 109 Å². The van der Waals surface area contributed by atoms with E-state index in [1.807, 2.05) is 0 Å². The van der Waals surface area contributed by atoms with Crippen molar-refractivity contribution in [1.29, 1.82) is 0 Å². The molecule has 4 nitrogen and oxygen atoms in total. The third kappa shape index (κ3) is 2.55. The molecule has 5 heteroatoms. The lowest BCUT2D eigenvalue weighted by Gasteiger charge is -2.10. The fourth-order valence-corrected chi connectivity index (χ4v) is 1.61. The molecule has 2 rings (SSSR count). The van der Waals surface area contributed by atoms with Crippen molar-refractivity contribution in [2.24, 2.45) is 5.73 Å². The van der Waals surface area contributed by atoms with E-state index in [4.69, 9.17) is 27.8 Å². The van der Waals surface area contributed by atoms with Crippen LogP contribution >= 0.6 is 11.6 Å². The summed E-state index contributed by atoms with van der Waals surface area (Å²) in [6.07, 6.45) is 0. The van der Waals surface area contributed by atoms with Crippen LogP contribution in [0.1, 0.15) is 10.4 Å². The van der Waals surface area contributed by atoms with E-state index < -0.39 is 5.91 Å². The molecule has 0 heterocycles. The number of primary amides is 1. The molecular weight excluding hydrogens is 252 g/mol. The van der Waals surface area contributed by atoms with Crippen molar-refractivity contribution < 1.29 is 9.53 Å². The summed E-state index contributed by atoms with van der Waals surface area (Å²) in [5, 5.41) is 0.482. The maximum absolute atomic E-state index is 11.0. The number of nitrogens with two attached hydrogens (primary N) is 2. The molecule has 0 spiro atoms. The fourth-order valence-electron chi connectivity index (χ4n) is 1.44. The van der Waals surface area contributed by atoms with Crippen LogP contribution in [0.15, 0.2) is 42.5 Å². The Morgan fingerprint density at radius 3 is 2.44 bits per heavy atom. The van der Waals surface area contributed by atoms with E-state index in [9.17, 15) is 4.79 Å². The molecule has 0 aliphatic heterocycles. The molecule has 2 aromatic carbocycles. The molecule has 2 aromatic rings. The molecule has 0 aliphatic rings. The number of rotatable bonds is 3. The average Bonchev–Trinajstić information content (AvgIpc) is 2.34. The Bertz CT molecular complexity index is 599. The maximum atomic E-state index is 11.0. The van der Waals surface area contributed by atoms with Gasteiger partial charge in [0.05, 0.1) is 10.7 Å². The van der Waals surface area contributed by atoms with Crippen LogP contribution in [0.5, 0.6) is 11.5 Å². The zero-order valence-corrected chi connectivity index (χ0v) is 10.1.